The van der Waals surface area contributed by atoms with Crippen molar-refractivity contribution in [3.63, 3.8) is 0 Å². The van der Waals surface area contributed by atoms with Gasteiger partial charge in [0.1, 0.15) is 0 Å². The second-order valence-corrected chi connectivity index (χ2v) is 7.19. The zero-order valence-corrected chi connectivity index (χ0v) is 14.8. The summed E-state index contributed by atoms with van der Waals surface area (Å²) in [5.41, 5.74) is 3.78. The molecular formula is C21H29N3. The van der Waals surface area contributed by atoms with Gasteiger partial charge in [-0.3, -0.25) is 0 Å². The summed E-state index contributed by atoms with van der Waals surface area (Å²) in [6, 6.07) is 20.2. The maximum absolute atomic E-state index is 3.77. The number of para-hydroxylation sites is 2. The van der Waals surface area contributed by atoms with Gasteiger partial charge in [0.05, 0.1) is 11.4 Å². The topological polar surface area (TPSA) is 36.1 Å². The molecule has 3 N–H and O–H groups in total. The Labute approximate surface area is 145 Å². The molecule has 24 heavy (non-hydrogen) atoms. The lowest BCUT2D eigenvalue weighted by Crippen LogP contribution is -2.42. The fourth-order valence-electron chi connectivity index (χ4n) is 3.41. The maximum Gasteiger partial charge on any atom is 0.0578 e. The molecule has 0 saturated carbocycles. The van der Waals surface area contributed by atoms with Gasteiger partial charge < -0.3 is 16.0 Å². The Hall–Kier alpha value is -2.00. The van der Waals surface area contributed by atoms with E-state index in [1.807, 2.05) is 0 Å². The van der Waals surface area contributed by atoms with E-state index in [-0.39, 0.29) is 0 Å². The second-order valence-electron chi connectivity index (χ2n) is 7.19. The highest BCUT2D eigenvalue weighted by Crippen LogP contribution is 2.24. The van der Waals surface area contributed by atoms with Crippen LogP contribution < -0.4 is 16.0 Å². The number of fused-ring (bicyclic) bond motifs is 1. The zero-order valence-electron chi connectivity index (χ0n) is 14.8. The largest absolute Gasteiger partial charge is 0.382 e. The molecule has 0 radical (unpaired) electrons. The van der Waals surface area contributed by atoms with Crippen molar-refractivity contribution >= 4 is 11.4 Å². The number of benzene rings is 2. The molecule has 1 heterocycles. The summed E-state index contributed by atoms with van der Waals surface area (Å²) in [7, 11) is 0. The van der Waals surface area contributed by atoms with E-state index in [2.05, 4.69) is 84.4 Å². The Kier molecular flexibility index (Phi) is 5.76. The van der Waals surface area contributed by atoms with Crippen LogP contribution in [-0.2, 0) is 6.42 Å². The van der Waals surface area contributed by atoms with Crippen molar-refractivity contribution < 1.29 is 0 Å². The molecule has 0 unspecified atom stereocenters. The van der Waals surface area contributed by atoms with Gasteiger partial charge in [0.25, 0.3) is 0 Å². The van der Waals surface area contributed by atoms with Crippen molar-refractivity contribution in [1.29, 1.82) is 0 Å². The number of rotatable bonds is 4. The summed E-state index contributed by atoms with van der Waals surface area (Å²) < 4.78 is 0. The lowest BCUT2D eigenvalue weighted by atomic mass is 10.0. The zero-order chi connectivity index (χ0) is 16.8. The van der Waals surface area contributed by atoms with E-state index >= 15 is 0 Å². The standard InChI is InChI=1S/C21H29N3/c1-16(2)12-18-14-23-20-10-6-7-11-21(20)24-19(15-22-18)13-17-8-4-3-5-9-17/h3-11,16,18-19,22-24H,12-15H2,1-2H3/t18-,19-/m0/s1. The summed E-state index contributed by atoms with van der Waals surface area (Å²) in [6.07, 6.45) is 2.21. The molecule has 0 amide bonds. The van der Waals surface area contributed by atoms with Crippen LogP contribution in [0.5, 0.6) is 0 Å². The van der Waals surface area contributed by atoms with E-state index in [0.717, 1.165) is 19.5 Å². The first kappa shape index (κ1) is 16.8. The highest BCUT2D eigenvalue weighted by molar-refractivity contribution is 5.69. The van der Waals surface area contributed by atoms with Crippen molar-refractivity contribution in [3.05, 3.63) is 60.2 Å². The van der Waals surface area contributed by atoms with Crippen LogP contribution in [-0.4, -0.2) is 25.2 Å². The molecule has 0 aromatic heterocycles. The van der Waals surface area contributed by atoms with Gasteiger partial charge in [-0.25, -0.2) is 0 Å². The fourth-order valence-corrected chi connectivity index (χ4v) is 3.41. The molecule has 2 atom stereocenters. The molecular weight excluding hydrogens is 294 g/mol. The van der Waals surface area contributed by atoms with Crippen LogP contribution in [0.3, 0.4) is 0 Å². The third kappa shape index (κ3) is 4.75. The Morgan fingerprint density at radius 2 is 1.58 bits per heavy atom. The van der Waals surface area contributed by atoms with E-state index in [0.29, 0.717) is 18.0 Å². The van der Waals surface area contributed by atoms with Gasteiger partial charge in [0.2, 0.25) is 0 Å². The first-order valence-corrected chi connectivity index (χ1v) is 9.07. The Bertz CT molecular complexity index is 624. The van der Waals surface area contributed by atoms with Gasteiger partial charge in [-0.05, 0) is 36.5 Å². The minimum atomic E-state index is 0.378. The third-order valence-corrected chi connectivity index (χ3v) is 4.56. The summed E-state index contributed by atoms with van der Waals surface area (Å²) in [5.74, 6) is 0.695. The van der Waals surface area contributed by atoms with Crippen LogP contribution in [0.2, 0.25) is 0 Å². The minimum Gasteiger partial charge on any atom is -0.382 e. The lowest BCUT2D eigenvalue weighted by Gasteiger charge is -2.23. The van der Waals surface area contributed by atoms with Crippen LogP contribution in [0.4, 0.5) is 11.4 Å². The van der Waals surface area contributed by atoms with Gasteiger partial charge >= 0.3 is 0 Å². The number of anilines is 2. The van der Waals surface area contributed by atoms with E-state index in [4.69, 9.17) is 0 Å². The van der Waals surface area contributed by atoms with Crippen LogP contribution in [0.15, 0.2) is 54.6 Å². The van der Waals surface area contributed by atoms with Gasteiger partial charge in [0.15, 0.2) is 0 Å². The minimum absolute atomic E-state index is 0.378. The molecule has 3 heteroatoms. The monoisotopic (exact) mass is 323 g/mol. The van der Waals surface area contributed by atoms with E-state index in [9.17, 15) is 0 Å². The molecule has 2 aromatic rings. The van der Waals surface area contributed by atoms with Crippen molar-refractivity contribution in [2.45, 2.75) is 38.8 Å². The number of hydrogen-bond donors (Lipinski definition) is 3. The summed E-state index contributed by atoms with van der Waals surface area (Å²) >= 11 is 0. The SMILES string of the molecule is CC(C)C[C@H]1CNc2ccccc2N[C@@H](Cc2ccccc2)CN1. The highest BCUT2D eigenvalue weighted by Gasteiger charge is 2.18. The van der Waals surface area contributed by atoms with Crippen molar-refractivity contribution in [3.8, 4) is 0 Å². The smallest absolute Gasteiger partial charge is 0.0578 e. The predicted molar refractivity (Wildman–Crippen MR) is 104 cm³/mol. The average molecular weight is 323 g/mol. The predicted octanol–water partition coefficient (Wildman–Crippen LogP) is 4.14. The molecule has 0 fully saturated rings. The molecule has 2 aromatic carbocycles. The molecule has 3 rings (SSSR count). The molecule has 128 valence electrons. The Morgan fingerprint density at radius 3 is 2.33 bits per heavy atom. The third-order valence-electron chi connectivity index (χ3n) is 4.56. The normalized spacial score (nSPS) is 21.0. The van der Waals surface area contributed by atoms with Gasteiger partial charge in [0, 0.05) is 25.2 Å². The van der Waals surface area contributed by atoms with Crippen LogP contribution in [0, 0.1) is 5.92 Å². The molecule has 0 aliphatic carbocycles. The molecule has 1 aliphatic rings. The molecule has 0 spiro atoms. The number of hydrogen-bond acceptors (Lipinski definition) is 3. The average Bonchev–Trinajstić information content (AvgIpc) is 2.66. The molecule has 0 bridgehead atoms. The molecule has 0 saturated heterocycles. The quantitative estimate of drug-likeness (QED) is 0.791. The van der Waals surface area contributed by atoms with E-state index < -0.39 is 0 Å². The fraction of sp³-hybridized carbons (Fsp3) is 0.429. The first-order valence-electron chi connectivity index (χ1n) is 9.07. The van der Waals surface area contributed by atoms with Gasteiger partial charge in [-0.1, -0.05) is 56.3 Å². The van der Waals surface area contributed by atoms with Crippen molar-refractivity contribution in [2.75, 3.05) is 23.7 Å². The van der Waals surface area contributed by atoms with E-state index in [1.165, 1.54) is 23.4 Å². The Morgan fingerprint density at radius 1 is 0.875 bits per heavy atom. The first-order chi connectivity index (χ1) is 11.7. The van der Waals surface area contributed by atoms with E-state index in [1.54, 1.807) is 0 Å². The van der Waals surface area contributed by atoms with Crippen LogP contribution in [0.25, 0.3) is 0 Å². The molecule has 3 nitrogen and oxygen atoms in total. The highest BCUT2D eigenvalue weighted by atomic mass is 15.1. The van der Waals surface area contributed by atoms with Gasteiger partial charge in [-0.15, -0.1) is 0 Å². The Balaban J connectivity index is 1.78. The summed E-state index contributed by atoms with van der Waals surface area (Å²) in [6.45, 7) is 6.53. The second kappa shape index (κ2) is 8.20. The summed E-state index contributed by atoms with van der Waals surface area (Å²) in [4.78, 5) is 0. The lowest BCUT2D eigenvalue weighted by molar-refractivity contribution is 0.422. The van der Waals surface area contributed by atoms with Crippen LogP contribution >= 0.6 is 0 Å². The van der Waals surface area contributed by atoms with Crippen molar-refractivity contribution in [2.24, 2.45) is 5.92 Å². The van der Waals surface area contributed by atoms with Crippen LogP contribution in [0.1, 0.15) is 25.8 Å². The summed E-state index contributed by atoms with van der Waals surface area (Å²) in [5, 5.41) is 11.1. The van der Waals surface area contributed by atoms with Crippen molar-refractivity contribution in [1.82, 2.24) is 5.32 Å². The molecule has 1 aliphatic heterocycles. The maximum atomic E-state index is 3.77. The van der Waals surface area contributed by atoms with Gasteiger partial charge in [-0.2, -0.15) is 0 Å². The number of nitrogens with one attached hydrogen (secondary N) is 3.